The van der Waals surface area contributed by atoms with Crippen LogP contribution in [0.15, 0.2) is 35.5 Å². The Morgan fingerprint density at radius 2 is 1.68 bits per heavy atom. The second-order valence-electron chi connectivity index (χ2n) is 11.4. The summed E-state index contributed by atoms with van der Waals surface area (Å²) in [5.41, 5.74) is 0.480. The van der Waals surface area contributed by atoms with Crippen molar-refractivity contribution in [2.24, 2.45) is 28.1 Å². The zero-order valence-electron chi connectivity index (χ0n) is 20.8. The molecule has 3 fully saturated rings. The maximum absolute atomic E-state index is 14.0. The second-order valence-corrected chi connectivity index (χ2v) is 11.4. The number of esters is 2. The second kappa shape index (κ2) is 7.37. The van der Waals surface area contributed by atoms with E-state index < -0.39 is 40.5 Å². The molecule has 0 unspecified atom stereocenters. The van der Waals surface area contributed by atoms with Gasteiger partial charge in [-0.1, -0.05) is 32.9 Å². The van der Waals surface area contributed by atoms with E-state index in [1.54, 1.807) is 20.3 Å². The number of hydrogen-bond acceptors (Lipinski definition) is 7. The molecule has 0 radical (unpaired) electrons. The van der Waals surface area contributed by atoms with Crippen molar-refractivity contribution in [2.75, 3.05) is 14.2 Å². The highest BCUT2D eigenvalue weighted by Gasteiger charge is 2.73. The summed E-state index contributed by atoms with van der Waals surface area (Å²) in [5.74, 6) is -1.13. The number of carbonyl (C=O) groups is 3. The first-order chi connectivity index (χ1) is 15.9. The van der Waals surface area contributed by atoms with Crippen molar-refractivity contribution in [3.8, 4) is 0 Å². The topological polar surface area (TPSA) is 88.1 Å². The number of methoxy groups -OCH3 is 2. The SMILES string of the molecule is C=C1C[C@H](OC)C(=O)[C@]2(C)[C@H]3[C@H](OC)C[C@@](C)([C@@H]4OC(=O)C=C4C)C4=CC(=O)O[C@@H](C[C@@H]12)[C@@]43C. The van der Waals surface area contributed by atoms with Gasteiger partial charge in [0, 0.05) is 55.0 Å². The van der Waals surface area contributed by atoms with Crippen LogP contribution in [-0.2, 0) is 33.3 Å². The van der Waals surface area contributed by atoms with Crippen molar-refractivity contribution >= 4 is 17.7 Å². The van der Waals surface area contributed by atoms with E-state index in [4.69, 9.17) is 18.9 Å². The third kappa shape index (κ3) is 2.74. The van der Waals surface area contributed by atoms with Crippen molar-refractivity contribution in [1.29, 1.82) is 0 Å². The van der Waals surface area contributed by atoms with Crippen LogP contribution in [0.25, 0.3) is 0 Å². The number of Topliss-reactive ketones (excluding diaryl/α,β-unsaturated/α-hetero) is 1. The summed E-state index contributed by atoms with van der Waals surface area (Å²) in [4.78, 5) is 39.0. The molecule has 9 atom stereocenters. The normalized spacial score (nSPS) is 47.8. The summed E-state index contributed by atoms with van der Waals surface area (Å²) in [7, 11) is 3.23. The fourth-order valence-corrected chi connectivity index (χ4v) is 8.43. The first-order valence-electron chi connectivity index (χ1n) is 12.0. The Morgan fingerprint density at radius 3 is 2.26 bits per heavy atom. The molecule has 0 amide bonds. The third-order valence-electron chi connectivity index (χ3n) is 9.77. The van der Waals surface area contributed by atoms with Crippen molar-refractivity contribution in [2.45, 2.75) is 71.4 Å². The maximum atomic E-state index is 14.0. The van der Waals surface area contributed by atoms with Gasteiger partial charge in [0.25, 0.3) is 0 Å². The molecular weight excluding hydrogens is 436 g/mol. The van der Waals surface area contributed by atoms with Gasteiger partial charge in [0.2, 0.25) is 0 Å². The molecule has 3 saturated carbocycles. The minimum Gasteiger partial charge on any atom is -0.458 e. The largest absolute Gasteiger partial charge is 0.458 e. The number of carbonyl (C=O) groups excluding carboxylic acids is 3. The van der Waals surface area contributed by atoms with Gasteiger partial charge < -0.3 is 18.9 Å². The monoisotopic (exact) mass is 470 g/mol. The van der Waals surface area contributed by atoms with E-state index >= 15 is 0 Å². The Kier molecular flexibility index (Phi) is 5.09. The molecule has 5 aliphatic rings. The number of hydrogen-bond donors (Lipinski definition) is 0. The van der Waals surface area contributed by atoms with Crippen LogP contribution in [0.2, 0.25) is 0 Å². The molecule has 184 valence electrons. The van der Waals surface area contributed by atoms with E-state index in [0.29, 0.717) is 19.3 Å². The summed E-state index contributed by atoms with van der Waals surface area (Å²) in [6.45, 7) is 12.4. The first-order valence-corrected chi connectivity index (χ1v) is 12.0. The average Bonchev–Trinajstić information content (AvgIpc) is 3.12. The van der Waals surface area contributed by atoms with Crippen LogP contribution in [0.5, 0.6) is 0 Å². The molecule has 7 heteroatoms. The Hall–Kier alpha value is -2.25. The predicted octanol–water partition coefficient (Wildman–Crippen LogP) is 3.33. The minimum absolute atomic E-state index is 0.0577. The van der Waals surface area contributed by atoms with Crippen molar-refractivity contribution < 1.29 is 33.3 Å². The number of fused-ring (bicyclic) bond motifs is 2. The number of ether oxygens (including phenoxy) is 4. The van der Waals surface area contributed by atoms with Crippen LogP contribution in [0.4, 0.5) is 0 Å². The fraction of sp³-hybridized carbons (Fsp3) is 0.667. The van der Waals surface area contributed by atoms with Crippen molar-refractivity contribution in [1.82, 2.24) is 0 Å². The minimum atomic E-state index is -0.802. The molecule has 5 rings (SSSR count). The van der Waals surface area contributed by atoms with Gasteiger partial charge in [-0.25, -0.2) is 9.59 Å². The van der Waals surface area contributed by atoms with E-state index in [1.165, 1.54) is 6.08 Å². The number of cyclic esters (lactones) is 1. The zero-order chi connectivity index (χ0) is 24.8. The molecule has 0 aromatic heterocycles. The van der Waals surface area contributed by atoms with Gasteiger partial charge >= 0.3 is 11.9 Å². The molecule has 0 N–H and O–H groups in total. The summed E-state index contributed by atoms with van der Waals surface area (Å²) >= 11 is 0. The van der Waals surface area contributed by atoms with Crippen molar-refractivity contribution in [3.05, 3.63) is 35.5 Å². The van der Waals surface area contributed by atoms with Crippen LogP contribution < -0.4 is 0 Å². The van der Waals surface area contributed by atoms with E-state index in [0.717, 1.165) is 16.7 Å². The van der Waals surface area contributed by atoms with Gasteiger partial charge in [-0.3, -0.25) is 4.79 Å². The highest BCUT2D eigenvalue weighted by Crippen LogP contribution is 2.70. The van der Waals surface area contributed by atoms with Gasteiger partial charge in [0.1, 0.15) is 18.3 Å². The fourth-order valence-electron chi connectivity index (χ4n) is 8.43. The summed E-state index contributed by atoms with van der Waals surface area (Å²) in [6.07, 6.45) is 2.73. The number of rotatable bonds is 3. The molecule has 0 aromatic carbocycles. The lowest BCUT2D eigenvalue weighted by Crippen LogP contribution is -2.71. The van der Waals surface area contributed by atoms with E-state index in [2.05, 4.69) is 13.5 Å². The lowest BCUT2D eigenvalue weighted by molar-refractivity contribution is -0.221. The van der Waals surface area contributed by atoms with Crippen LogP contribution in [0.3, 0.4) is 0 Å². The summed E-state index contributed by atoms with van der Waals surface area (Å²) in [6, 6.07) is 0. The van der Waals surface area contributed by atoms with Gasteiger partial charge in [-0.2, -0.15) is 0 Å². The van der Waals surface area contributed by atoms with Gasteiger partial charge in [0.05, 0.1) is 6.10 Å². The molecule has 3 aliphatic carbocycles. The lowest BCUT2D eigenvalue weighted by Gasteiger charge is -2.68. The third-order valence-corrected chi connectivity index (χ3v) is 9.77. The molecule has 0 bridgehead atoms. The quantitative estimate of drug-likeness (QED) is 0.462. The molecule has 0 spiro atoms. The zero-order valence-corrected chi connectivity index (χ0v) is 20.8. The first kappa shape index (κ1) is 23.5. The highest BCUT2D eigenvalue weighted by molar-refractivity contribution is 5.92. The standard InChI is InChI=1S/C27H34O7/c1-13-8-16(31-6)23(30)26(4)15(13)10-19-27(5)18(11-21(29)33-19)25(3,12-17(32-7)22(26)27)24-14(2)9-20(28)34-24/h9,11,15-17,19,22,24H,1,8,10,12H2,2-7H3/t15-,16-,17+,19-,22+,24+,25+,26-,27+/m0/s1. The van der Waals surface area contributed by atoms with Gasteiger partial charge in [0.15, 0.2) is 5.78 Å². The van der Waals surface area contributed by atoms with Crippen LogP contribution in [0.1, 0.15) is 47.0 Å². The Bertz CT molecular complexity index is 1060. The molecule has 7 nitrogen and oxygen atoms in total. The summed E-state index contributed by atoms with van der Waals surface area (Å²) in [5, 5.41) is 0. The molecule has 2 aliphatic heterocycles. The van der Waals surface area contributed by atoms with Crippen LogP contribution in [-0.4, -0.2) is 56.4 Å². The van der Waals surface area contributed by atoms with Crippen LogP contribution in [0, 0.1) is 28.1 Å². The molecule has 2 heterocycles. The van der Waals surface area contributed by atoms with E-state index in [1.807, 2.05) is 20.8 Å². The summed E-state index contributed by atoms with van der Waals surface area (Å²) < 4.78 is 23.5. The maximum Gasteiger partial charge on any atom is 0.331 e. The Balaban J connectivity index is 1.73. The number of ketones is 1. The van der Waals surface area contributed by atoms with E-state index in [9.17, 15) is 14.4 Å². The molecule has 0 aromatic rings. The molecule has 34 heavy (non-hydrogen) atoms. The Morgan fingerprint density at radius 1 is 1.00 bits per heavy atom. The van der Waals surface area contributed by atoms with Crippen molar-refractivity contribution in [3.63, 3.8) is 0 Å². The molecule has 0 saturated heterocycles. The van der Waals surface area contributed by atoms with Crippen LogP contribution >= 0.6 is 0 Å². The Labute approximate surface area is 200 Å². The highest BCUT2D eigenvalue weighted by atomic mass is 16.6. The van der Waals surface area contributed by atoms with E-state index in [-0.39, 0.29) is 29.7 Å². The average molecular weight is 471 g/mol. The van der Waals surface area contributed by atoms with Gasteiger partial charge in [-0.05, 0) is 36.8 Å². The smallest absolute Gasteiger partial charge is 0.331 e. The molecular formula is C27H34O7. The lowest BCUT2D eigenvalue weighted by atomic mass is 9.38. The predicted molar refractivity (Wildman–Crippen MR) is 122 cm³/mol. The van der Waals surface area contributed by atoms with Gasteiger partial charge in [-0.15, -0.1) is 0 Å².